The van der Waals surface area contributed by atoms with Gasteiger partial charge in [-0.3, -0.25) is 39.2 Å². The Labute approximate surface area is 122 Å². The van der Waals surface area contributed by atoms with E-state index in [1.54, 1.807) is 0 Å². The van der Waals surface area contributed by atoms with Gasteiger partial charge >= 0.3 is 0 Å². The van der Waals surface area contributed by atoms with E-state index < -0.39 is 40.3 Å². The maximum atomic E-state index is 12.1. The van der Waals surface area contributed by atoms with Crippen molar-refractivity contribution in [3.63, 3.8) is 0 Å². The Morgan fingerprint density at radius 1 is 0.762 bits per heavy atom. The third-order valence-electron chi connectivity index (χ3n) is 3.52. The SMILES string of the molecule is CC(N)C(=O)C(N)(N)C(N)(N)C(N)(C(N)(N)N)C(N)(N)N. The molecule has 0 aromatic heterocycles. The fourth-order valence-electron chi connectivity index (χ4n) is 2.00. The predicted octanol–water partition coefficient (Wildman–Crippen LogP) is -8.11. The molecule has 13 nitrogen and oxygen atoms in total. The molecular formula is C8H28N12O. The molecule has 0 aliphatic rings. The van der Waals surface area contributed by atoms with Crippen molar-refractivity contribution in [3.8, 4) is 0 Å². The van der Waals surface area contributed by atoms with Crippen LogP contribution in [0.1, 0.15) is 6.92 Å². The van der Waals surface area contributed by atoms with Crippen LogP contribution in [-0.4, -0.2) is 40.3 Å². The van der Waals surface area contributed by atoms with Crippen molar-refractivity contribution in [2.24, 2.45) is 68.8 Å². The number of carbonyl (C=O) groups excluding carboxylic acids is 1. The van der Waals surface area contributed by atoms with E-state index >= 15 is 0 Å². The molecule has 0 saturated carbocycles. The molecule has 24 N–H and O–H groups in total. The minimum absolute atomic E-state index is 0.962. The highest BCUT2D eigenvalue weighted by molar-refractivity contribution is 5.93. The summed E-state index contributed by atoms with van der Waals surface area (Å²) in [6.45, 7) is 1.30. The van der Waals surface area contributed by atoms with Crippen LogP contribution < -0.4 is 68.8 Å². The lowest BCUT2D eigenvalue weighted by Gasteiger charge is -2.59. The lowest BCUT2D eigenvalue weighted by atomic mass is 9.67. The molecule has 0 bridgehead atoms. The molecule has 0 aliphatic heterocycles. The molecule has 13 heteroatoms. The Morgan fingerprint density at radius 2 is 1.05 bits per heavy atom. The average Bonchev–Trinajstić information content (AvgIpc) is 2.22. The number of nitrogens with two attached hydrogens (primary N) is 12. The van der Waals surface area contributed by atoms with Crippen LogP contribution in [0.3, 0.4) is 0 Å². The zero-order chi connectivity index (χ0) is 17.7. The number of carbonyl (C=O) groups is 1. The van der Waals surface area contributed by atoms with Crippen molar-refractivity contribution in [2.75, 3.05) is 0 Å². The van der Waals surface area contributed by atoms with Gasteiger partial charge in [0.25, 0.3) is 0 Å². The van der Waals surface area contributed by atoms with Gasteiger partial charge in [0, 0.05) is 0 Å². The molecule has 21 heavy (non-hydrogen) atoms. The lowest BCUT2D eigenvalue weighted by molar-refractivity contribution is -0.131. The largest absolute Gasteiger partial charge is 0.322 e. The van der Waals surface area contributed by atoms with Crippen LogP contribution in [0, 0.1) is 0 Å². The molecule has 0 aliphatic carbocycles. The molecule has 0 radical (unpaired) electrons. The summed E-state index contributed by atoms with van der Waals surface area (Å²) in [7, 11) is 0. The van der Waals surface area contributed by atoms with Crippen LogP contribution in [-0.2, 0) is 4.79 Å². The first-order valence-corrected chi connectivity index (χ1v) is 5.83. The van der Waals surface area contributed by atoms with Gasteiger partial charge in [0.05, 0.1) is 6.04 Å². The molecule has 0 rings (SSSR count). The molecule has 0 amide bonds. The van der Waals surface area contributed by atoms with E-state index in [1.165, 1.54) is 6.92 Å². The lowest BCUT2D eigenvalue weighted by Crippen LogP contribution is -3.05. The van der Waals surface area contributed by atoms with Crippen molar-refractivity contribution >= 4 is 5.78 Å². The van der Waals surface area contributed by atoms with Crippen LogP contribution >= 0.6 is 0 Å². The summed E-state index contributed by atoms with van der Waals surface area (Å²) in [5.74, 6) is -5.86. The van der Waals surface area contributed by atoms with Crippen molar-refractivity contribution in [3.05, 3.63) is 0 Å². The van der Waals surface area contributed by atoms with Gasteiger partial charge in [-0.15, -0.1) is 0 Å². The van der Waals surface area contributed by atoms with E-state index in [0.717, 1.165) is 0 Å². The number of hydrogen-bond donors (Lipinski definition) is 12. The molecule has 0 aromatic carbocycles. The van der Waals surface area contributed by atoms with E-state index in [9.17, 15) is 4.79 Å². The summed E-state index contributed by atoms with van der Waals surface area (Å²) < 4.78 is 0. The molecule has 0 heterocycles. The fraction of sp³-hybridized carbons (Fsp3) is 0.875. The molecule has 0 aromatic rings. The van der Waals surface area contributed by atoms with Gasteiger partial charge in [-0.05, 0) is 6.92 Å². The fourth-order valence-corrected chi connectivity index (χ4v) is 2.00. The Kier molecular flexibility index (Phi) is 4.93. The van der Waals surface area contributed by atoms with Crippen molar-refractivity contribution in [1.82, 2.24) is 0 Å². The van der Waals surface area contributed by atoms with Crippen LogP contribution in [0.4, 0.5) is 0 Å². The van der Waals surface area contributed by atoms with Gasteiger partial charge in [0.2, 0.25) is 0 Å². The average molecular weight is 308 g/mol. The number of ketones is 1. The van der Waals surface area contributed by atoms with E-state index in [0.29, 0.717) is 0 Å². The highest BCUT2D eigenvalue weighted by atomic mass is 16.1. The third kappa shape index (κ3) is 2.78. The first kappa shape index (κ1) is 20.2. The second-order valence-corrected chi connectivity index (χ2v) is 5.56. The Hall–Kier alpha value is -0.810. The summed E-state index contributed by atoms with van der Waals surface area (Å²) in [6.07, 6.45) is 0. The quantitative estimate of drug-likeness (QED) is 0.203. The van der Waals surface area contributed by atoms with Crippen molar-refractivity contribution in [2.45, 2.75) is 41.4 Å². The van der Waals surface area contributed by atoms with Crippen molar-refractivity contribution in [1.29, 1.82) is 0 Å². The zero-order valence-electron chi connectivity index (χ0n) is 11.9. The van der Waals surface area contributed by atoms with Gasteiger partial charge in [-0.1, -0.05) is 0 Å². The summed E-state index contributed by atoms with van der Waals surface area (Å²) in [5.41, 5.74) is 59.9. The van der Waals surface area contributed by atoms with Gasteiger partial charge in [-0.25, -0.2) is 0 Å². The normalized spacial score (nSPS) is 16.8. The van der Waals surface area contributed by atoms with E-state index in [-0.39, 0.29) is 0 Å². The monoisotopic (exact) mass is 308 g/mol. The summed E-state index contributed by atoms with van der Waals surface area (Å²) >= 11 is 0. The van der Waals surface area contributed by atoms with E-state index in [2.05, 4.69) is 0 Å². The first-order chi connectivity index (χ1) is 8.85. The van der Waals surface area contributed by atoms with Crippen LogP contribution in [0.2, 0.25) is 0 Å². The number of Topliss-reactive ketones (excluding diaryl/α,β-unsaturated/α-hetero) is 1. The minimum Gasteiger partial charge on any atom is -0.322 e. The molecule has 126 valence electrons. The minimum atomic E-state index is -2.62. The van der Waals surface area contributed by atoms with Crippen LogP contribution in [0.25, 0.3) is 0 Å². The van der Waals surface area contributed by atoms with Gasteiger partial charge in [0.15, 0.2) is 11.4 Å². The van der Waals surface area contributed by atoms with Gasteiger partial charge in [0.1, 0.15) is 22.8 Å². The number of rotatable bonds is 6. The van der Waals surface area contributed by atoms with Crippen molar-refractivity contribution < 1.29 is 4.79 Å². The van der Waals surface area contributed by atoms with E-state index in [4.69, 9.17) is 68.8 Å². The first-order valence-electron chi connectivity index (χ1n) is 5.83. The Bertz CT molecular complexity index is 388. The summed E-state index contributed by atoms with van der Waals surface area (Å²) in [6, 6.07) is -1.14. The highest BCUT2D eigenvalue weighted by Gasteiger charge is 2.69. The number of hydrogen-bond acceptors (Lipinski definition) is 13. The topological polar surface area (TPSA) is 329 Å². The second-order valence-electron chi connectivity index (χ2n) is 5.56. The zero-order valence-corrected chi connectivity index (χ0v) is 11.9. The third-order valence-corrected chi connectivity index (χ3v) is 3.52. The maximum Gasteiger partial charge on any atom is 0.186 e. The standard InChI is InChI=1S/C8H28N12O/c1-2(9)3(21)4(10,11)6(13,14)5(12,7(15,16)17)8(18,19)20/h2H,9-20H2,1H3. The Morgan fingerprint density at radius 3 is 1.24 bits per heavy atom. The van der Waals surface area contributed by atoms with Gasteiger partial charge < -0.3 is 34.4 Å². The van der Waals surface area contributed by atoms with Gasteiger partial charge in [-0.2, -0.15) is 0 Å². The molecule has 0 fully saturated rings. The Balaban J connectivity index is 6.35. The molecular weight excluding hydrogens is 280 g/mol. The van der Waals surface area contributed by atoms with Crippen LogP contribution in [0.15, 0.2) is 0 Å². The van der Waals surface area contributed by atoms with Crippen LogP contribution in [0.5, 0.6) is 0 Å². The maximum absolute atomic E-state index is 12.1. The highest BCUT2D eigenvalue weighted by Crippen LogP contribution is 2.29. The summed E-state index contributed by atoms with van der Waals surface area (Å²) in [4.78, 5) is 12.1. The molecule has 0 saturated heterocycles. The molecule has 1 atom stereocenters. The van der Waals surface area contributed by atoms with E-state index in [1.807, 2.05) is 0 Å². The molecule has 0 spiro atoms. The second kappa shape index (κ2) is 5.13. The summed E-state index contributed by atoms with van der Waals surface area (Å²) in [5, 5.41) is 0. The predicted molar refractivity (Wildman–Crippen MR) is 78.4 cm³/mol. The molecule has 1 unspecified atom stereocenters. The smallest absolute Gasteiger partial charge is 0.186 e.